The van der Waals surface area contributed by atoms with Crippen LogP contribution in [0.25, 0.3) is 0 Å². The Labute approximate surface area is 108 Å². The van der Waals surface area contributed by atoms with Crippen LogP contribution in [0.1, 0.15) is 27.7 Å². The Bertz CT molecular complexity index is 340. The fourth-order valence-electron chi connectivity index (χ4n) is 2.77. The molecule has 0 aromatic heterocycles. The molecule has 0 aromatic rings. The standard InChI is InChI=1S/C13H20O5/c1-7-9(8-6-14-12(2,3)16-8)15-11-10(7)17-13(4,5)18-11/h1,7-11H,6H2,2-5H3/t7-,8+,9-,10+,11+/m0/s1. The fourth-order valence-corrected chi connectivity index (χ4v) is 2.77. The first kappa shape index (κ1) is 12.8. The van der Waals surface area contributed by atoms with Crippen LogP contribution in [0.5, 0.6) is 0 Å². The summed E-state index contributed by atoms with van der Waals surface area (Å²) in [7, 11) is 0. The van der Waals surface area contributed by atoms with Crippen LogP contribution in [0.2, 0.25) is 0 Å². The molecule has 18 heavy (non-hydrogen) atoms. The number of hydrogen-bond acceptors (Lipinski definition) is 5. The lowest BCUT2D eigenvalue weighted by molar-refractivity contribution is -0.225. The molecule has 0 N–H and O–H groups in total. The zero-order valence-electron chi connectivity index (χ0n) is 11.2. The van der Waals surface area contributed by atoms with E-state index >= 15 is 0 Å². The van der Waals surface area contributed by atoms with Gasteiger partial charge in [0.15, 0.2) is 17.9 Å². The van der Waals surface area contributed by atoms with Crippen LogP contribution in [0.4, 0.5) is 0 Å². The molecule has 5 atom stereocenters. The highest BCUT2D eigenvalue weighted by molar-refractivity contribution is 4.98. The lowest BCUT2D eigenvalue weighted by atomic mass is 9.97. The van der Waals surface area contributed by atoms with Crippen molar-refractivity contribution in [1.29, 1.82) is 0 Å². The van der Waals surface area contributed by atoms with E-state index in [4.69, 9.17) is 30.6 Å². The Morgan fingerprint density at radius 1 is 0.944 bits per heavy atom. The molecule has 2 radical (unpaired) electrons. The molecule has 3 heterocycles. The Hall–Kier alpha value is -0.200. The van der Waals surface area contributed by atoms with Crippen LogP contribution in [-0.4, -0.2) is 42.8 Å². The largest absolute Gasteiger partial charge is 0.348 e. The predicted molar refractivity (Wildman–Crippen MR) is 61.4 cm³/mol. The van der Waals surface area contributed by atoms with Gasteiger partial charge in [-0.1, -0.05) is 0 Å². The molecule has 5 nitrogen and oxygen atoms in total. The molecule has 3 aliphatic rings. The lowest BCUT2D eigenvalue weighted by Crippen LogP contribution is -2.38. The van der Waals surface area contributed by atoms with E-state index < -0.39 is 17.9 Å². The molecule has 0 bridgehead atoms. The van der Waals surface area contributed by atoms with E-state index in [2.05, 4.69) is 0 Å². The van der Waals surface area contributed by atoms with Gasteiger partial charge in [0, 0.05) is 5.92 Å². The summed E-state index contributed by atoms with van der Waals surface area (Å²) >= 11 is 0. The van der Waals surface area contributed by atoms with Crippen LogP contribution in [0, 0.1) is 12.8 Å². The molecule has 0 amide bonds. The lowest BCUT2D eigenvalue weighted by Gasteiger charge is -2.26. The first-order valence-corrected chi connectivity index (χ1v) is 6.36. The molecule has 0 spiro atoms. The van der Waals surface area contributed by atoms with Gasteiger partial charge in [0.05, 0.1) is 12.7 Å². The topological polar surface area (TPSA) is 46.2 Å². The maximum absolute atomic E-state index is 6.19. The number of hydrogen-bond donors (Lipinski definition) is 0. The van der Waals surface area contributed by atoms with Crippen molar-refractivity contribution in [3.8, 4) is 0 Å². The number of fused-ring (bicyclic) bond motifs is 1. The second kappa shape index (κ2) is 3.90. The van der Waals surface area contributed by atoms with Crippen molar-refractivity contribution >= 4 is 0 Å². The van der Waals surface area contributed by atoms with Gasteiger partial charge in [-0.25, -0.2) is 0 Å². The van der Waals surface area contributed by atoms with Gasteiger partial charge >= 0.3 is 0 Å². The molecule has 3 rings (SSSR count). The highest BCUT2D eigenvalue weighted by Crippen LogP contribution is 2.43. The van der Waals surface area contributed by atoms with E-state index in [1.54, 1.807) is 0 Å². The summed E-state index contributed by atoms with van der Waals surface area (Å²) in [6.07, 6.45) is -1.07. The summed E-state index contributed by atoms with van der Waals surface area (Å²) in [6.45, 7) is 14.1. The fraction of sp³-hybridized carbons (Fsp3) is 0.923. The minimum Gasteiger partial charge on any atom is -0.348 e. The van der Waals surface area contributed by atoms with Gasteiger partial charge in [0.25, 0.3) is 0 Å². The molecule has 3 saturated heterocycles. The normalized spacial score (nSPS) is 49.5. The third-order valence-electron chi connectivity index (χ3n) is 3.53. The molecule has 5 heteroatoms. The molecule has 3 fully saturated rings. The third kappa shape index (κ3) is 2.08. The maximum atomic E-state index is 6.19. The van der Waals surface area contributed by atoms with Crippen molar-refractivity contribution in [3.63, 3.8) is 0 Å². The average molecular weight is 256 g/mol. The van der Waals surface area contributed by atoms with Gasteiger partial charge in [-0.3, -0.25) is 0 Å². The maximum Gasteiger partial charge on any atom is 0.187 e. The number of ether oxygens (including phenoxy) is 5. The van der Waals surface area contributed by atoms with Crippen LogP contribution >= 0.6 is 0 Å². The second-order valence-electron chi connectivity index (χ2n) is 6.01. The van der Waals surface area contributed by atoms with Crippen LogP contribution in [0.15, 0.2) is 0 Å². The van der Waals surface area contributed by atoms with E-state index in [9.17, 15) is 0 Å². The summed E-state index contributed by atoms with van der Waals surface area (Å²) in [4.78, 5) is 0. The van der Waals surface area contributed by atoms with Gasteiger partial charge in [0.1, 0.15) is 12.2 Å². The first-order valence-electron chi connectivity index (χ1n) is 6.36. The molecule has 0 aromatic carbocycles. The van der Waals surface area contributed by atoms with E-state index in [0.717, 1.165) is 0 Å². The smallest absolute Gasteiger partial charge is 0.187 e. The monoisotopic (exact) mass is 256 g/mol. The summed E-state index contributed by atoms with van der Waals surface area (Å²) in [6, 6.07) is 0. The molecule has 0 saturated carbocycles. The van der Waals surface area contributed by atoms with Crippen LogP contribution in [0.3, 0.4) is 0 Å². The van der Waals surface area contributed by atoms with Gasteiger partial charge in [0.2, 0.25) is 0 Å². The van der Waals surface area contributed by atoms with Gasteiger partial charge < -0.3 is 23.7 Å². The molecule has 0 unspecified atom stereocenters. The Morgan fingerprint density at radius 3 is 2.22 bits per heavy atom. The summed E-state index contributed by atoms with van der Waals surface area (Å²) in [5.74, 6) is -1.48. The highest BCUT2D eigenvalue weighted by atomic mass is 16.8. The summed E-state index contributed by atoms with van der Waals surface area (Å²) < 4.78 is 28.6. The average Bonchev–Trinajstić information content (AvgIpc) is 2.81. The quantitative estimate of drug-likeness (QED) is 0.708. The molecule has 0 aliphatic carbocycles. The van der Waals surface area contributed by atoms with Crippen LogP contribution < -0.4 is 0 Å². The molecular formula is C13H20O5. The van der Waals surface area contributed by atoms with E-state index in [0.29, 0.717) is 6.61 Å². The SMILES string of the molecule is [CH][C@@H]1[C@H]2OC(C)(C)O[C@H]2O[C@@H]1[C@H]1COC(C)(C)O1. The van der Waals surface area contributed by atoms with Crippen molar-refractivity contribution in [1.82, 2.24) is 0 Å². The number of rotatable bonds is 1. The first-order chi connectivity index (χ1) is 8.27. The Kier molecular flexibility index (Phi) is 2.78. The van der Waals surface area contributed by atoms with Crippen molar-refractivity contribution in [2.75, 3.05) is 6.61 Å². The Balaban J connectivity index is 1.68. The van der Waals surface area contributed by atoms with Crippen molar-refractivity contribution in [2.24, 2.45) is 5.92 Å². The highest BCUT2D eigenvalue weighted by Gasteiger charge is 2.56. The molecule has 3 aliphatic heterocycles. The third-order valence-corrected chi connectivity index (χ3v) is 3.53. The van der Waals surface area contributed by atoms with Gasteiger partial charge in [-0.05, 0) is 34.6 Å². The zero-order chi connectivity index (χ0) is 13.1. The second-order valence-corrected chi connectivity index (χ2v) is 6.01. The minimum atomic E-state index is -0.635. The molecule has 102 valence electrons. The van der Waals surface area contributed by atoms with Crippen molar-refractivity contribution in [2.45, 2.75) is 63.9 Å². The molecular weight excluding hydrogens is 236 g/mol. The zero-order valence-corrected chi connectivity index (χ0v) is 11.2. The van der Waals surface area contributed by atoms with E-state index in [1.165, 1.54) is 0 Å². The Morgan fingerprint density at radius 2 is 1.67 bits per heavy atom. The van der Waals surface area contributed by atoms with Gasteiger partial charge in [-0.2, -0.15) is 0 Å². The van der Waals surface area contributed by atoms with Crippen molar-refractivity contribution in [3.05, 3.63) is 6.92 Å². The van der Waals surface area contributed by atoms with Crippen molar-refractivity contribution < 1.29 is 23.7 Å². The predicted octanol–water partition coefficient (Wildman–Crippen LogP) is 1.34. The summed E-state index contributed by atoms with van der Waals surface area (Å²) in [5, 5.41) is 0. The van der Waals surface area contributed by atoms with Gasteiger partial charge in [-0.15, -0.1) is 0 Å². The van der Waals surface area contributed by atoms with E-state index in [1.807, 2.05) is 27.7 Å². The summed E-state index contributed by atoms with van der Waals surface area (Å²) in [5.41, 5.74) is 0. The minimum absolute atomic E-state index is 0.170. The van der Waals surface area contributed by atoms with Crippen LogP contribution in [-0.2, 0) is 23.7 Å². The van der Waals surface area contributed by atoms with E-state index in [-0.39, 0.29) is 24.2 Å².